The first-order valence-electron chi connectivity index (χ1n) is 7.33. The molecule has 26 heavy (non-hydrogen) atoms. The molecule has 0 aliphatic rings. The molecule has 0 fully saturated rings. The van der Waals surface area contributed by atoms with Crippen LogP contribution in [0.2, 0.25) is 0 Å². The number of aryl methyl sites for hydroxylation is 1. The molecule has 0 unspecified atom stereocenters. The molecule has 0 radical (unpaired) electrons. The van der Waals surface area contributed by atoms with E-state index >= 15 is 0 Å². The van der Waals surface area contributed by atoms with Crippen LogP contribution in [0.1, 0.15) is 27.5 Å². The number of aromatic nitrogens is 6. The zero-order valence-electron chi connectivity index (χ0n) is 13.2. The van der Waals surface area contributed by atoms with Gasteiger partial charge in [-0.2, -0.15) is 4.68 Å². The molecule has 11 heteroatoms. The third kappa shape index (κ3) is 2.52. The van der Waals surface area contributed by atoms with Crippen molar-refractivity contribution in [2.45, 2.75) is 13.3 Å². The summed E-state index contributed by atoms with van der Waals surface area (Å²) < 4.78 is 28.7. The average molecular weight is 376 g/mol. The molecule has 0 bridgehead atoms. The zero-order chi connectivity index (χ0) is 18.4. The molecule has 0 aliphatic carbocycles. The Morgan fingerprint density at radius 2 is 2.15 bits per heavy atom. The molecule has 8 nitrogen and oxygen atoms in total. The highest BCUT2D eigenvalue weighted by molar-refractivity contribution is 7.15. The molecule has 0 aromatic carbocycles. The Hall–Kier alpha value is -3.21. The SMILES string of the molecule is Cc1ccc(-c2cnc3c(-n4nnnc4C(F)F)cc(C(=O)O)cn23)s1. The molecular formula is C15H10F2N6O2S. The van der Waals surface area contributed by atoms with E-state index in [2.05, 4.69) is 20.5 Å². The van der Waals surface area contributed by atoms with E-state index in [9.17, 15) is 18.7 Å². The molecule has 0 atom stereocenters. The molecule has 132 valence electrons. The number of alkyl halides is 2. The van der Waals surface area contributed by atoms with Crippen molar-refractivity contribution in [2.24, 2.45) is 0 Å². The van der Waals surface area contributed by atoms with Gasteiger partial charge in [0.25, 0.3) is 6.43 Å². The van der Waals surface area contributed by atoms with E-state index < -0.39 is 18.2 Å². The summed E-state index contributed by atoms with van der Waals surface area (Å²) in [4.78, 5) is 17.7. The van der Waals surface area contributed by atoms with Gasteiger partial charge in [-0.15, -0.1) is 16.4 Å². The lowest BCUT2D eigenvalue weighted by Gasteiger charge is -2.08. The number of tetrazole rings is 1. The normalized spacial score (nSPS) is 11.5. The van der Waals surface area contributed by atoms with Crippen LogP contribution in [0.25, 0.3) is 21.9 Å². The number of pyridine rings is 1. The Bertz CT molecular complexity index is 1130. The van der Waals surface area contributed by atoms with Gasteiger partial charge in [-0.05, 0) is 35.5 Å². The van der Waals surface area contributed by atoms with Gasteiger partial charge < -0.3 is 5.11 Å². The molecule has 0 amide bonds. The van der Waals surface area contributed by atoms with E-state index in [4.69, 9.17) is 0 Å². The fraction of sp³-hybridized carbons (Fsp3) is 0.133. The predicted octanol–water partition coefficient (Wildman–Crippen LogP) is 2.98. The second-order valence-corrected chi connectivity index (χ2v) is 6.70. The molecule has 4 rings (SSSR count). The summed E-state index contributed by atoms with van der Waals surface area (Å²) in [5, 5.41) is 19.6. The number of halogens is 2. The lowest BCUT2D eigenvalue weighted by Crippen LogP contribution is -2.09. The van der Waals surface area contributed by atoms with Crippen LogP contribution in [0, 0.1) is 6.92 Å². The van der Waals surface area contributed by atoms with Gasteiger partial charge >= 0.3 is 5.97 Å². The van der Waals surface area contributed by atoms with Crippen molar-refractivity contribution in [2.75, 3.05) is 0 Å². The van der Waals surface area contributed by atoms with Crippen molar-refractivity contribution in [1.29, 1.82) is 0 Å². The van der Waals surface area contributed by atoms with Crippen molar-refractivity contribution in [3.05, 3.63) is 46.9 Å². The Labute approximate surface area is 148 Å². The Morgan fingerprint density at radius 1 is 1.35 bits per heavy atom. The maximum Gasteiger partial charge on any atom is 0.337 e. The number of nitrogens with zero attached hydrogens (tertiary/aromatic N) is 6. The average Bonchev–Trinajstić information content (AvgIpc) is 3.32. The highest BCUT2D eigenvalue weighted by Gasteiger charge is 2.23. The van der Waals surface area contributed by atoms with E-state index in [1.807, 2.05) is 19.1 Å². The first-order valence-corrected chi connectivity index (χ1v) is 8.15. The number of hydrogen-bond donors (Lipinski definition) is 1. The fourth-order valence-corrected chi connectivity index (χ4v) is 3.47. The number of thiophene rings is 1. The number of carboxylic acids is 1. The van der Waals surface area contributed by atoms with Crippen LogP contribution >= 0.6 is 11.3 Å². The van der Waals surface area contributed by atoms with Gasteiger partial charge in [-0.3, -0.25) is 4.40 Å². The number of carbonyl (C=O) groups is 1. The van der Waals surface area contributed by atoms with Crippen molar-refractivity contribution < 1.29 is 18.7 Å². The monoisotopic (exact) mass is 376 g/mol. The largest absolute Gasteiger partial charge is 0.478 e. The maximum atomic E-state index is 13.2. The van der Waals surface area contributed by atoms with E-state index in [1.165, 1.54) is 23.6 Å². The van der Waals surface area contributed by atoms with Gasteiger partial charge in [0.15, 0.2) is 5.65 Å². The lowest BCUT2D eigenvalue weighted by molar-refractivity contribution is 0.0696. The van der Waals surface area contributed by atoms with Gasteiger partial charge in [0.2, 0.25) is 5.82 Å². The van der Waals surface area contributed by atoms with Crippen molar-refractivity contribution in [3.63, 3.8) is 0 Å². The summed E-state index contributed by atoms with van der Waals surface area (Å²) in [6, 6.07) is 5.03. The molecule has 1 N–H and O–H groups in total. The predicted molar refractivity (Wildman–Crippen MR) is 87.9 cm³/mol. The van der Waals surface area contributed by atoms with Crippen LogP contribution in [-0.4, -0.2) is 40.7 Å². The van der Waals surface area contributed by atoms with Gasteiger partial charge in [-0.1, -0.05) is 0 Å². The number of aromatic carboxylic acids is 1. The minimum Gasteiger partial charge on any atom is -0.478 e. The van der Waals surface area contributed by atoms with Crippen molar-refractivity contribution in [1.82, 2.24) is 29.6 Å². The molecule has 0 spiro atoms. The Balaban J connectivity index is 2.03. The molecule has 4 aromatic rings. The summed E-state index contributed by atoms with van der Waals surface area (Å²) in [5.74, 6) is -1.90. The van der Waals surface area contributed by atoms with Gasteiger partial charge in [0.1, 0.15) is 5.69 Å². The summed E-state index contributed by atoms with van der Waals surface area (Å²) in [6.07, 6.45) is 0.0283. The fourth-order valence-electron chi connectivity index (χ4n) is 2.60. The van der Waals surface area contributed by atoms with Crippen LogP contribution in [0.3, 0.4) is 0 Å². The highest BCUT2D eigenvalue weighted by atomic mass is 32.1. The maximum absolute atomic E-state index is 13.2. The van der Waals surface area contributed by atoms with Crippen molar-refractivity contribution >= 4 is 23.0 Å². The number of imidazole rings is 1. The van der Waals surface area contributed by atoms with E-state index in [-0.39, 0.29) is 16.9 Å². The van der Waals surface area contributed by atoms with Gasteiger partial charge in [-0.25, -0.2) is 18.6 Å². The molecule has 0 aliphatic heterocycles. The third-order valence-electron chi connectivity index (χ3n) is 3.74. The van der Waals surface area contributed by atoms with Crippen LogP contribution in [0.4, 0.5) is 8.78 Å². The second-order valence-electron chi connectivity index (χ2n) is 5.42. The highest BCUT2D eigenvalue weighted by Crippen LogP contribution is 2.31. The molecular weight excluding hydrogens is 366 g/mol. The smallest absolute Gasteiger partial charge is 0.337 e. The summed E-state index contributed by atoms with van der Waals surface area (Å²) >= 11 is 1.51. The lowest BCUT2D eigenvalue weighted by atomic mass is 10.2. The Kier molecular flexibility index (Phi) is 3.72. The zero-order valence-corrected chi connectivity index (χ0v) is 14.0. The molecule has 4 heterocycles. The van der Waals surface area contributed by atoms with E-state index in [1.54, 1.807) is 10.6 Å². The summed E-state index contributed by atoms with van der Waals surface area (Å²) in [5.41, 5.74) is 0.875. The number of hydrogen-bond acceptors (Lipinski definition) is 6. The van der Waals surface area contributed by atoms with Gasteiger partial charge in [0, 0.05) is 11.1 Å². The van der Waals surface area contributed by atoms with E-state index in [0.717, 1.165) is 14.4 Å². The minimum atomic E-state index is -2.92. The minimum absolute atomic E-state index is 0.0599. The van der Waals surface area contributed by atoms with Crippen LogP contribution in [0.5, 0.6) is 0 Å². The van der Waals surface area contributed by atoms with E-state index in [0.29, 0.717) is 5.69 Å². The van der Waals surface area contributed by atoms with Crippen LogP contribution in [-0.2, 0) is 0 Å². The number of carboxylic acid groups (broad SMARTS) is 1. The van der Waals surface area contributed by atoms with Crippen LogP contribution < -0.4 is 0 Å². The summed E-state index contributed by atoms with van der Waals surface area (Å²) in [7, 11) is 0. The Morgan fingerprint density at radius 3 is 2.81 bits per heavy atom. The third-order valence-corrected chi connectivity index (χ3v) is 4.77. The first-order chi connectivity index (χ1) is 12.5. The van der Waals surface area contributed by atoms with Crippen LogP contribution in [0.15, 0.2) is 30.6 Å². The second kappa shape index (κ2) is 5.95. The molecule has 0 saturated carbocycles. The number of fused-ring (bicyclic) bond motifs is 1. The first kappa shape index (κ1) is 16.3. The standard InChI is InChI=1S/C15H10F2N6O2S/c1-7-2-3-11(26-7)10-5-18-13-9(4-8(15(24)25)6-22(10)13)23-14(12(16)17)19-20-21-23/h2-6,12H,1H3,(H,24,25). The summed E-state index contributed by atoms with van der Waals surface area (Å²) in [6.45, 7) is 1.95. The molecule has 0 saturated heterocycles. The number of rotatable bonds is 4. The molecule has 4 aromatic heterocycles. The quantitative estimate of drug-likeness (QED) is 0.588. The van der Waals surface area contributed by atoms with Crippen molar-refractivity contribution in [3.8, 4) is 16.3 Å². The topological polar surface area (TPSA) is 98.2 Å². The van der Waals surface area contributed by atoms with Gasteiger partial charge in [0.05, 0.1) is 22.3 Å².